The Hall–Kier alpha value is -3.59. The normalized spacial score (nSPS) is 16.4. The molecule has 1 amide bonds. The molecule has 1 fully saturated rings. The third-order valence-corrected chi connectivity index (χ3v) is 7.66. The van der Waals surface area contributed by atoms with Gasteiger partial charge in [0.05, 0.1) is 6.04 Å². The molecule has 4 heterocycles. The monoisotopic (exact) mass is 503 g/mol. The summed E-state index contributed by atoms with van der Waals surface area (Å²) in [4.78, 5) is 33.0. The molecular formula is C27H29N5O3S. The second-order valence-electron chi connectivity index (χ2n) is 9.23. The van der Waals surface area contributed by atoms with Crippen molar-refractivity contribution in [3.63, 3.8) is 0 Å². The van der Waals surface area contributed by atoms with Gasteiger partial charge in [-0.2, -0.15) is 0 Å². The summed E-state index contributed by atoms with van der Waals surface area (Å²) < 4.78 is 7.60. The molecule has 5 rings (SSSR count). The van der Waals surface area contributed by atoms with Gasteiger partial charge < -0.3 is 13.9 Å². The molecule has 4 aromatic rings. The van der Waals surface area contributed by atoms with Crippen molar-refractivity contribution in [3.8, 4) is 11.6 Å². The van der Waals surface area contributed by atoms with Gasteiger partial charge in [-0.1, -0.05) is 37.3 Å². The lowest BCUT2D eigenvalue weighted by atomic mass is 10.0. The van der Waals surface area contributed by atoms with E-state index in [-0.39, 0.29) is 29.3 Å². The number of thiazole rings is 1. The van der Waals surface area contributed by atoms with Crippen molar-refractivity contribution in [2.24, 2.45) is 0 Å². The fraction of sp³-hybridized carbons (Fsp3) is 0.370. The fourth-order valence-electron chi connectivity index (χ4n) is 4.77. The SMILES string of the molecule is CCn1c(-c2nnc(C(C)Cc3ccccc3)o2)cc(C(=O)N2CCCC2c2nc(C)cs2)cc1=O. The van der Waals surface area contributed by atoms with Crippen molar-refractivity contribution >= 4 is 17.2 Å². The van der Waals surface area contributed by atoms with Crippen molar-refractivity contribution in [1.82, 2.24) is 24.6 Å². The third-order valence-electron chi connectivity index (χ3n) is 6.59. The second kappa shape index (κ2) is 10.2. The molecule has 0 N–H and O–H groups in total. The fourth-order valence-corrected chi connectivity index (χ4v) is 5.72. The Kier molecular flexibility index (Phi) is 6.82. The summed E-state index contributed by atoms with van der Waals surface area (Å²) in [6.07, 6.45) is 2.53. The highest BCUT2D eigenvalue weighted by Gasteiger charge is 2.33. The lowest BCUT2D eigenvalue weighted by molar-refractivity contribution is 0.0735. The van der Waals surface area contributed by atoms with E-state index in [4.69, 9.17) is 4.42 Å². The molecule has 0 spiro atoms. The van der Waals surface area contributed by atoms with Crippen LogP contribution in [0.2, 0.25) is 0 Å². The van der Waals surface area contributed by atoms with Crippen molar-refractivity contribution in [2.45, 2.75) is 58.5 Å². The number of rotatable bonds is 7. The zero-order chi connectivity index (χ0) is 25.2. The molecule has 1 aromatic carbocycles. The van der Waals surface area contributed by atoms with Gasteiger partial charge in [0.1, 0.15) is 10.7 Å². The van der Waals surface area contributed by atoms with Crippen molar-refractivity contribution in [1.29, 1.82) is 0 Å². The number of pyridine rings is 1. The summed E-state index contributed by atoms with van der Waals surface area (Å²) in [5.41, 5.74) is 2.65. The van der Waals surface area contributed by atoms with E-state index >= 15 is 0 Å². The van der Waals surface area contributed by atoms with Crippen LogP contribution in [0.15, 0.2) is 57.1 Å². The van der Waals surface area contributed by atoms with Crippen LogP contribution >= 0.6 is 11.3 Å². The average molecular weight is 504 g/mol. The summed E-state index contributed by atoms with van der Waals surface area (Å²) in [5.74, 6) is 0.572. The molecule has 186 valence electrons. The van der Waals surface area contributed by atoms with E-state index in [1.807, 2.05) is 49.3 Å². The first-order valence-electron chi connectivity index (χ1n) is 12.3. The van der Waals surface area contributed by atoms with Gasteiger partial charge >= 0.3 is 0 Å². The smallest absolute Gasteiger partial charge is 0.264 e. The molecule has 0 radical (unpaired) electrons. The van der Waals surface area contributed by atoms with Gasteiger partial charge in [0.25, 0.3) is 17.4 Å². The topological polar surface area (TPSA) is 94.1 Å². The number of aryl methyl sites for hydroxylation is 1. The second-order valence-corrected chi connectivity index (χ2v) is 10.1. The van der Waals surface area contributed by atoms with Crippen LogP contribution in [0, 0.1) is 6.92 Å². The summed E-state index contributed by atoms with van der Waals surface area (Å²) in [5, 5.41) is 11.5. The molecular weight excluding hydrogens is 474 g/mol. The minimum absolute atomic E-state index is 0.00683. The predicted octanol–water partition coefficient (Wildman–Crippen LogP) is 5.01. The molecule has 0 aliphatic carbocycles. The molecule has 1 saturated heterocycles. The van der Waals surface area contributed by atoms with Gasteiger partial charge in [0, 0.05) is 41.7 Å². The maximum absolute atomic E-state index is 13.6. The van der Waals surface area contributed by atoms with Gasteiger partial charge in [-0.25, -0.2) is 4.98 Å². The predicted molar refractivity (Wildman–Crippen MR) is 138 cm³/mol. The molecule has 1 aliphatic rings. The number of aromatic nitrogens is 4. The molecule has 2 unspecified atom stereocenters. The van der Waals surface area contributed by atoms with E-state index in [1.54, 1.807) is 22.0 Å². The average Bonchev–Trinajstić information content (AvgIpc) is 3.64. The van der Waals surface area contributed by atoms with Crippen molar-refractivity contribution < 1.29 is 9.21 Å². The summed E-state index contributed by atoms with van der Waals surface area (Å²) in [6.45, 7) is 6.92. The lowest BCUT2D eigenvalue weighted by Crippen LogP contribution is -2.32. The summed E-state index contributed by atoms with van der Waals surface area (Å²) in [7, 11) is 0. The number of hydrogen-bond acceptors (Lipinski definition) is 7. The Morgan fingerprint density at radius 3 is 2.75 bits per heavy atom. The van der Waals surface area contributed by atoms with Crippen molar-refractivity contribution in [3.05, 3.63) is 85.9 Å². The Labute approximate surface area is 213 Å². The summed E-state index contributed by atoms with van der Waals surface area (Å²) in [6, 6.07) is 13.2. The van der Waals surface area contributed by atoms with Gasteiger partial charge in [-0.3, -0.25) is 9.59 Å². The number of nitrogens with zero attached hydrogens (tertiary/aromatic N) is 5. The number of amides is 1. The number of carbonyl (C=O) groups is 1. The molecule has 3 aromatic heterocycles. The van der Waals surface area contributed by atoms with Crippen LogP contribution in [-0.4, -0.2) is 37.1 Å². The lowest BCUT2D eigenvalue weighted by Gasteiger charge is -2.23. The van der Waals surface area contributed by atoms with Gasteiger partial charge in [0.15, 0.2) is 0 Å². The van der Waals surface area contributed by atoms with E-state index in [9.17, 15) is 9.59 Å². The highest BCUT2D eigenvalue weighted by atomic mass is 32.1. The van der Waals surface area contributed by atoms with Crippen LogP contribution in [0.1, 0.15) is 71.2 Å². The van der Waals surface area contributed by atoms with Gasteiger partial charge in [-0.15, -0.1) is 21.5 Å². The maximum atomic E-state index is 13.6. The van der Waals surface area contributed by atoms with Gasteiger partial charge in [-0.05, 0) is 44.7 Å². The van der Waals surface area contributed by atoms with Crippen LogP contribution in [-0.2, 0) is 13.0 Å². The minimum Gasteiger partial charge on any atom is -0.419 e. The number of carbonyl (C=O) groups excluding carboxylic acids is 1. The van der Waals surface area contributed by atoms with E-state index < -0.39 is 0 Å². The first-order chi connectivity index (χ1) is 17.4. The van der Waals surface area contributed by atoms with Crippen LogP contribution < -0.4 is 5.56 Å². The molecule has 0 bridgehead atoms. The van der Waals surface area contributed by atoms with Crippen LogP contribution in [0.4, 0.5) is 0 Å². The highest BCUT2D eigenvalue weighted by molar-refractivity contribution is 7.09. The van der Waals surface area contributed by atoms with Crippen molar-refractivity contribution in [2.75, 3.05) is 6.54 Å². The van der Waals surface area contributed by atoms with Crippen LogP contribution in [0.25, 0.3) is 11.6 Å². The van der Waals surface area contributed by atoms with E-state index in [2.05, 4.69) is 27.3 Å². The Bertz CT molecular complexity index is 1420. The first-order valence-corrected chi connectivity index (χ1v) is 13.2. The first kappa shape index (κ1) is 24.1. The largest absolute Gasteiger partial charge is 0.419 e. The molecule has 36 heavy (non-hydrogen) atoms. The third kappa shape index (κ3) is 4.75. The van der Waals surface area contributed by atoms with E-state index in [0.29, 0.717) is 30.2 Å². The van der Waals surface area contributed by atoms with E-state index in [1.165, 1.54) is 11.6 Å². The number of likely N-dealkylation sites (tertiary alicyclic amines) is 1. The number of hydrogen-bond donors (Lipinski definition) is 0. The quantitative estimate of drug-likeness (QED) is 0.352. The molecule has 8 nitrogen and oxygen atoms in total. The Balaban J connectivity index is 1.44. The zero-order valence-electron chi connectivity index (χ0n) is 20.7. The zero-order valence-corrected chi connectivity index (χ0v) is 21.5. The number of benzene rings is 1. The van der Waals surface area contributed by atoms with E-state index in [0.717, 1.165) is 30.0 Å². The molecule has 0 saturated carbocycles. The van der Waals surface area contributed by atoms with Crippen LogP contribution in [0.3, 0.4) is 0 Å². The molecule has 9 heteroatoms. The highest BCUT2D eigenvalue weighted by Crippen LogP contribution is 2.35. The molecule has 1 aliphatic heterocycles. The molecule has 2 atom stereocenters. The standard InChI is InChI=1S/C27H29N5O3S/c1-4-31-22(25-30-29-24(35-25)17(2)13-19-9-6-5-7-10-19)14-20(15-23(31)33)27(34)32-12-8-11-21(32)26-28-18(3)16-36-26/h5-7,9-10,14-17,21H,4,8,11-13H2,1-3H3. The Morgan fingerprint density at radius 2 is 2.03 bits per heavy atom. The maximum Gasteiger partial charge on any atom is 0.264 e. The van der Waals surface area contributed by atoms with Crippen LogP contribution in [0.5, 0.6) is 0 Å². The summed E-state index contributed by atoms with van der Waals surface area (Å²) >= 11 is 1.57. The Morgan fingerprint density at radius 1 is 1.22 bits per heavy atom. The van der Waals surface area contributed by atoms with Gasteiger partial charge in [0.2, 0.25) is 5.89 Å². The minimum atomic E-state index is -0.267.